The first-order chi connectivity index (χ1) is 6.76. The Morgan fingerprint density at radius 1 is 0.786 bits per heavy atom. The van der Waals surface area contributed by atoms with Crippen LogP contribution in [0.15, 0.2) is 0 Å². The van der Waals surface area contributed by atoms with Crippen molar-refractivity contribution in [3.63, 3.8) is 0 Å². The van der Waals surface area contributed by atoms with Crippen LogP contribution in [0.25, 0.3) is 0 Å². The van der Waals surface area contributed by atoms with Gasteiger partial charge in [0.05, 0.1) is 24.4 Å². The van der Waals surface area contributed by atoms with Crippen molar-refractivity contribution in [1.82, 2.24) is 0 Å². The Labute approximate surface area is 87.1 Å². The Hall–Kier alpha value is -0.0301. The maximum atomic E-state index is 5.36. The molecule has 14 heavy (non-hydrogen) atoms. The minimum atomic E-state index is 0.108. The normalized spacial score (nSPS) is 38.4. The zero-order valence-electron chi connectivity index (χ0n) is 9.36. The third kappa shape index (κ3) is 2.51. The molecule has 4 unspecified atom stereocenters. The van der Waals surface area contributed by atoms with Gasteiger partial charge >= 0.3 is 0 Å². The van der Waals surface area contributed by atoms with E-state index in [-0.39, 0.29) is 24.4 Å². The molecule has 0 aromatic carbocycles. The first-order valence-electron chi connectivity index (χ1n) is 4.88. The van der Waals surface area contributed by atoms with Gasteiger partial charge in [0.15, 0.2) is 0 Å². The molecule has 80 valence electrons. The fraction of sp³-hybridized carbons (Fsp3) is 1.00. The molecule has 6 heteroatoms. The average molecular weight is 200 g/mol. The van der Waals surface area contributed by atoms with Gasteiger partial charge in [-0.15, -0.1) is 0 Å². The van der Waals surface area contributed by atoms with Gasteiger partial charge in [0.2, 0.25) is 0 Å². The van der Waals surface area contributed by atoms with Crippen LogP contribution in [-0.4, -0.2) is 54.7 Å². The van der Waals surface area contributed by atoms with Crippen molar-refractivity contribution in [2.75, 3.05) is 14.2 Å². The highest BCUT2D eigenvalue weighted by molar-refractivity contribution is 5.98. The van der Waals surface area contributed by atoms with Crippen molar-refractivity contribution < 1.29 is 18.8 Å². The SMILES string of the molecule is BOC1CC(OC)C(OC)CC1OB. The number of methoxy groups -OCH3 is 2. The smallest absolute Gasteiger partial charge is 0.257 e. The molecule has 0 spiro atoms. The number of ether oxygens (including phenoxy) is 2. The topological polar surface area (TPSA) is 36.9 Å². The van der Waals surface area contributed by atoms with Crippen molar-refractivity contribution in [1.29, 1.82) is 0 Å². The number of rotatable bonds is 4. The second-order valence-electron chi connectivity index (χ2n) is 3.57. The summed E-state index contributed by atoms with van der Waals surface area (Å²) in [7, 11) is 6.82. The van der Waals surface area contributed by atoms with E-state index in [1.807, 2.05) is 0 Å². The summed E-state index contributed by atoms with van der Waals surface area (Å²) in [5.41, 5.74) is 0. The third-order valence-corrected chi connectivity index (χ3v) is 2.97. The van der Waals surface area contributed by atoms with Crippen LogP contribution in [0.4, 0.5) is 0 Å². The summed E-state index contributed by atoms with van der Waals surface area (Å²) >= 11 is 0. The van der Waals surface area contributed by atoms with Crippen molar-refractivity contribution in [2.24, 2.45) is 0 Å². The second-order valence-corrected chi connectivity index (χ2v) is 3.57. The molecule has 0 amide bonds. The zero-order chi connectivity index (χ0) is 10.6. The molecule has 1 rings (SSSR count). The van der Waals surface area contributed by atoms with Crippen LogP contribution in [-0.2, 0) is 18.8 Å². The van der Waals surface area contributed by atoms with Gasteiger partial charge in [-0.3, -0.25) is 0 Å². The summed E-state index contributed by atoms with van der Waals surface area (Å²) < 4.78 is 21.4. The lowest BCUT2D eigenvalue weighted by molar-refractivity contribution is -0.116. The van der Waals surface area contributed by atoms with E-state index in [2.05, 4.69) is 0 Å². The summed E-state index contributed by atoms with van der Waals surface area (Å²) in [4.78, 5) is 0. The van der Waals surface area contributed by atoms with E-state index in [0.717, 1.165) is 12.8 Å². The molecule has 0 saturated heterocycles. The Kier molecular flexibility index (Phi) is 4.95. The molecule has 0 heterocycles. The van der Waals surface area contributed by atoms with Gasteiger partial charge < -0.3 is 18.8 Å². The first kappa shape index (κ1) is 12.0. The molecule has 0 bridgehead atoms. The molecule has 4 nitrogen and oxygen atoms in total. The molecular formula is C8H18B2O4. The molecular weight excluding hydrogens is 182 g/mol. The maximum Gasteiger partial charge on any atom is 0.257 e. The predicted molar refractivity (Wildman–Crippen MR) is 57.7 cm³/mol. The van der Waals surface area contributed by atoms with Crippen LogP contribution in [0, 0.1) is 0 Å². The lowest BCUT2D eigenvalue weighted by Gasteiger charge is -2.39. The summed E-state index contributed by atoms with van der Waals surface area (Å²) in [5.74, 6) is 0. The van der Waals surface area contributed by atoms with E-state index >= 15 is 0 Å². The van der Waals surface area contributed by atoms with E-state index in [1.165, 1.54) is 0 Å². The van der Waals surface area contributed by atoms with Gasteiger partial charge in [-0.25, -0.2) is 0 Å². The lowest BCUT2D eigenvalue weighted by atomic mass is 9.88. The van der Waals surface area contributed by atoms with Crippen molar-refractivity contribution in [3.8, 4) is 0 Å². The maximum absolute atomic E-state index is 5.36. The van der Waals surface area contributed by atoms with Crippen molar-refractivity contribution in [3.05, 3.63) is 0 Å². The van der Waals surface area contributed by atoms with Crippen LogP contribution in [0.3, 0.4) is 0 Å². The minimum Gasteiger partial charge on any atom is -0.439 e. The third-order valence-electron chi connectivity index (χ3n) is 2.97. The van der Waals surface area contributed by atoms with Crippen molar-refractivity contribution in [2.45, 2.75) is 37.3 Å². The fourth-order valence-corrected chi connectivity index (χ4v) is 2.06. The van der Waals surface area contributed by atoms with E-state index < -0.39 is 0 Å². The Morgan fingerprint density at radius 2 is 1.14 bits per heavy atom. The number of hydrogen-bond donors (Lipinski definition) is 0. The lowest BCUT2D eigenvalue weighted by Crippen LogP contribution is -2.48. The average Bonchev–Trinajstić information content (AvgIpc) is 2.26. The Bertz CT molecular complexity index is 135. The molecule has 0 aromatic heterocycles. The van der Waals surface area contributed by atoms with Gasteiger partial charge in [0, 0.05) is 27.1 Å². The summed E-state index contributed by atoms with van der Waals surface area (Å²) in [5, 5.41) is 0. The van der Waals surface area contributed by atoms with Crippen LogP contribution in [0.1, 0.15) is 12.8 Å². The quantitative estimate of drug-likeness (QED) is 0.527. The predicted octanol–water partition coefficient (Wildman–Crippen LogP) is -1.32. The second kappa shape index (κ2) is 5.75. The first-order valence-corrected chi connectivity index (χ1v) is 4.88. The standard InChI is InChI=1S/C8H18B2O4/c1-11-5-3-7(13-9)8(14-10)4-6(5)12-2/h5-8H,3-4,9-10H2,1-2H3. The van der Waals surface area contributed by atoms with Gasteiger partial charge in [0.1, 0.15) is 0 Å². The van der Waals surface area contributed by atoms with Crippen molar-refractivity contribution >= 4 is 16.1 Å². The molecule has 0 aliphatic heterocycles. The zero-order valence-corrected chi connectivity index (χ0v) is 9.36. The Balaban J connectivity index is 2.59. The van der Waals surface area contributed by atoms with E-state index in [1.54, 1.807) is 30.3 Å². The van der Waals surface area contributed by atoms with Crippen LogP contribution >= 0.6 is 0 Å². The van der Waals surface area contributed by atoms with E-state index in [0.29, 0.717) is 0 Å². The van der Waals surface area contributed by atoms with Crippen LogP contribution in [0.5, 0.6) is 0 Å². The highest BCUT2D eigenvalue weighted by atomic mass is 16.5. The van der Waals surface area contributed by atoms with Crippen LogP contribution in [0.2, 0.25) is 0 Å². The minimum absolute atomic E-state index is 0.108. The molecule has 1 aliphatic rings. The Morgan fingerprint density at radius 3 is 1.36 bits per heavy atom. The van der Waals surface area contributed by atoms with Gasteiger partial charge in [-0.2, -0.15) is 0 Å². The van der Waals surface area contributed by atoms with E-state index in [4.69, 9.17) is 18.8 Å². The molecule has 0 radical (unpaired) electrons. The molecule has 1 fully saturated rings. The molecule has 4 atom stereocenters. The molecule has 0 N–H and O–H groups in total. The van der Waals surface area contributed by atoms with Gasteiger partial charge in [-0.05, 0) is 0 Å². The summed E-state index contributed by atoms with van der Waals surface area (Å²) in [6.45, 7) is 0. The fourth-order valence-electron chi connectivity index (χ4n) is 2.06. The number of hydrogen-bond acceptors (Lipinski definition) is 4. The molecule has 0 aromatic rings. The summed E-state index contributed by atoms with van der Waals surface area (Å²) in [6.07, 6.45) is 2.08. The largest absolute Gasteiger partial charge is 0.439 e. The monoisotopic (exact) mass is 200 g/mol. The highest BCUT2D eigenvalue weighted by Crippen LogP contribution is 2.27. The van der Waals surface area contributed by atoms with Gasteiger partial charge in [0.25, 0.3) is 16.1 Å². The van der Waals surface area contributed by atoms with Crippen LogP contribution < -0.4 is 0 Å². The molecule has 1 aliphatic carbocycles. The van der Waals surface area contributed by atoms with E-state index in [9.17, 15) is 0 Å². The molecule has 1 saturated carbocycles. The summed E-state index contributed by atoms with van der Waals surface area (Å²) in [6, 6.07) is 0. The highest BCUT2D eigenvalue weighted by Gasteiger charge is 2.37. The van der Waals surface area contributed by atoms with Gasteiger partial charge in [-0.1, -0.05) is 0 Å².